The molecule has 1 aromatic heterocycles. The van der Waals surface area contributed by atoms with Gasteiger partial charge in [0.05, 0.1) is 12.7 Å². The fraction of sp³-hybridized carbons (Fsp3) is 0.400. The summed E-state index contributed by atoms with van der Waals surface area (Å²) in [5.74, 6) is 0.667. The summed E-state index contributed by atoms with van der Waals surface area (Å²) in [6.45, 7) is 1.27. The Morgan fingerprint density at radius 3 is 2.89 bits per heavy atom. The third kappa shape index (κ3) is 1.20. The second-order valence-corrected chi connectivity index (χ2v) is 1.77. The van der Waals surface area contributed by atoms with Crippen molar-refractivity contribution in [1.29, 1.82) is 0 Å². The molecule has 0 bridgehead atoms. The lowest BCUT2D eigenvalue weighted by Gasteiger charge is -1.98. The van der Waals surface area contributed by atoms with Gasteiger partial charge in [-0.15, -0.1) is 0 Å². The molecule has 0 aliphatic heterocycles. The van der Waals surface area contributed by atoms with Crippen LogP contribution in [0.3, 0.4) is 0 Å². The number of nitrogen functional groups attached to an aromatic ring is 1. The van der Waals surface area contributed by atoms with Gasteiger partial charge in [-0.25, -0.2) is 4.68 Å². The minimum absolute atomic E-state index is 0.575. The van der Waals surface area contributed by atoms with Crippen molar-refractivity contribution in [3.63, 3.8) is 0 Å². The first-order valence-electron chi connectivity index (χ1n) is 2.82. The van der Waals surface area contributed by atoms with Crippen molar-refractivity contribution in [2.75, 3.05) is 12.3 Å². The highest BCUT2D eigenvalue weighted by molar-refractivity contribution is 5.25. The third-order valence-electron chi connectivity index (χ3n) is 1.09. The molecule has 1 aromatic rings. The van der Waals surface area contributed by atoms with Crippen LogP contribution in [0.4, 0.5) is 5.82 Å². The summed E-state index contributed by atoms with van der Waals surface area (Å²) in [6, 6.07) is 1.75. The molecule has 50 valence electrons. The van der Waals surface area contributed by atoms with Crippen LogP contribution in [0.15, 0.2) is 12.3 Å². The Morgan fingerprint density at radius 2 is 2.44 bits per heavy atom. The van der Waals surface area contributed by atoms with Gasteiger partial charge in [0, 0.05) is 6.54 Å². The second kappa shape index (κ2) is 2.50. The minimum Gasteiger partial charge on any atom is -0.384 e. The molecule has 0 saturated heterocycles. The van der Waals surface area contributed by atoms with Gasteiger partial charge < -0.3 is 11.5 Å². The van der Waals surface area contributed by atoms with E-state index in [0.29, 0.717) is 18.9 Å². The highest BCUT2D eigenvalue weighted by atomic mass is 15.3. The van der Waals surface area contributed by atoms with Gasteiger partial charge in [0.2, 0.25) is 0 Å². The maximum atomic E-state index is 5.47. The van der Waals surface area contributed by atoms with Crippen LogP contribution >= 0.6 is 0 Å². The average Bonchev–Trinajstić information content (AvgIpc) is 2.18. The molecule has 0 spiro atoms. The van der Waals surface area contributed by atoms with E-state index in [2.05, 4.69) is 5.10 Å². The van der Waals surface area contributed by atoms with E-state index in [1.165, 1.54) is 0 Å². The van der Waals surface area contributed by atoms with Crippen LogP contribution in [-0.2, 0) is 6.54 Å². The molecule has 1 heterocycles. The lowest BCUT2D eigenvalue weighted by molar-refractivity contribution is 0.634. The van der Waals surface area contributed by atoms with E-state index in [0.717, 1.165) is 0 Å². The zero-order valence-electron chi connectivity index (χ0n) is 5.12. The number of hydrogen-bond acceptors (Lipinski definition) is 3. The summed E-state index contributed by atoms with van der Waals surface area (Å²) in [7, 11) is 0. The van der Waals surface area contributed by atoms with E-state index in [1.807, 2.05) is 0 Å². The molecule has 9 heavy (non-hydrogen) atoms. The maximum absolute atomic E-state index is 5.47. The fourth-order valence-corrected chi connectivity index (χ4v) is 0.652. The van der Waals surface area contributed by atoms with E-state index in [4.69, 9.17) is 11.5 Å². The quantitative estimate of drug-likeness (QED) is 0.557. The van der Waals surface area contributed by atoms with Crippen LogP contribution in [-0.4, -0.2) is 16.3 Å². The monoisotopic (exact) mass is 126 g/mol. The van der Waals surface area contributed by atoms with Crippen molar-refractivity contribution < 1.29 is 0 Å². The zero-order valence-corrected chi connectivity index (χ0v) is 5.12. The first-order chi connectivity index (χ1) is 4.34. The van der Waals surface area contributed by atoms with Crippen LogP contribution in [0.2, 0.25) is 0 Å². The SMILES string of the molecule is NCCn1nccc1N. The Kier molecular flexibility index (Phi) is 1.69. The number of nitrogens with zero attached hydrogens (tertiary/aromatic N) is 2. The number of rotatable bonds is 2. The molecule has 4 N–H and O–H groups in total. The van der Waals surface area contributed by atoms with Gasteiger partial charge in [-0.3, -0.25) is 0 Å². The Bertz CT molecular complexity index is 181. The summed E-state index contributed by atoms with van der Waals surface area (Å²) < 4.78 is 1.67. The fourth-order valence-electron chi connectivity index (χ4n) is 0.652. The molecular formula is C5H10N4. The largest absolute Gasteiger partial charge is 0.384 e. The summed E-state index contributed by atoms with van der Waals surface area (Å²) in [4.78, 5) is 0. The smallest absolute Gasteiger partial charge is 0.121 e. The summed E-state index contributed by atoms with van der Waals surface area (Å²) in [5, 5.41) is 3.92. The first-order valence-corrected chi connectivity index (χ1v) is 2.82. The van der Waals surface area contributed by atoms with Gasteiger partial charge in [-0.2, -0.15) is 5.10 Å². The average molecular weight is 126 g/mol. The number of hydrogen-bond donors (Lipinski definition) is 2. The number of nitrogens with two attached hydrogens (primary N) is 2. The molecule has 0 aliphatic rings. The highest BCUT2D eigenvalue weighted by Crippen LogP contribution is 1.96. The highest BCUT2D eigenvalue weighted by Gasteiger charge is 1.92. The van der Waals surface area contributed by atoms with Crippen molar-refractivity contribution in [3.05, 3.63) is 12.3 Å². The lowest BCUT2D eigenvalue weighted by Crippen LogP contribution is -2.12. The maximum Gasteiger partial charge on any atom is 0.121 e. The lowest BCUT2D eigenvalue weighted by atomic mass is 10.6. The predicted octanol–water partition coefficient (Wildman–Crippen LogP) is -0.576. The standard InChI is InChI=1S/C5H10N4/c6-2-4-9-5(7)1-3-8-9/h1,3H,2,4,6-7H2. The van der Waals surface area contributed by atoms with Crippen LogP contribution < -0.4 is 11.5 Å². The summed E-state index contributed by atoms with van der Waals surface area (Å²) in [5.41, 5.74) is 10.7. The van der Waals surface area contributed by atoms with Crippen molar-refractivity contribution >= 4 is 5.82 Å². The molecule has 4 nitrogen and oxygen atoms in total. The summed E-state index contributed by atoms with van der Waals surface area (Å²) in [6.07, 6.45) is 1.66. The van der Waals surface area contributed by atoms with Crippen molar-refractivity contribution in [2.24, 2.45) is 5.73 Å². The molecule has 0 amide bonds. The second-order valence-electron chi connectivity index (χ2n) is 1.77. The Balaban J connectivity index is 2.69. The molecule has 0 saturated carbocycles. The topological polar surface area (TPSA) is 69.9 Å². The van der Waals surface area contributed by atoms with Gasteiger partial charge in [-0.1, -0.05) is 0 Å². The summed E-state index contributed by atoms with van der Waals surface area (Å²) >= 11 is 0. The van der Waals surface area contributed by atoms with Crippen LogP contribution in [0.1, 0.15) is 0 Å². The Labute approximate surface area is 53.4 Å². The predicted molar refractivity (Wildman–Crippen MR) is 35.7 cm³/mol. The molecule has 0 unspecified atom stereocenters. The van der Waals surface area contributed by atoms with Crippen LogP contribution in [0.25, 0.3) is 0 Å². The molecule has 0 fully saturated rings. The normalized spacial score (nSPS) is 9.89. The molecule has 0 atom stereocenters. The van der Waals surface area contributed by atoms with E-state index >= 15 is 0 Å². The van der Waals surface area contributed by atoms with Gasteiger partial charge >= 0.3 is 0 Å². The first kappa shape index (κ1) is 6.10. The van der Waals surface area contributed by atoms with Gasteiger partial charge in [0.25, 0.3) is 0 Å². The van der Waals surface area contributed by atoms with Crippen molar-refractivity contribution in [1.82, 2.24) is 9.78 Å². The van der Waals surface area contributed by atoms with Crippen molar-refractivity contribution in [3.8, 4) is 0 Å². The number of aromatic nitrogens is 2. The molecular weight excluding hydrogens is 116 g/mol. The van der Waals surface area contributed by atoms with Gasteiger partial charge in [0.15, 0.2) is 0 Å². The number of anilines is 1. The van der Waals surface area contributed by atoms with Gasteiger partial charge in [-0.05, 0) is 6.07 Å². The molecule has 0 aliphatic carbocycles. The van der Waals surface area contributed by atoms with E-state index < -0.39 is 0 Å². The zero-order chi connectivity index (χ0) is 6.69. The molecule has 0 radical (unpaired) electrons. The van der Waals surface area contributed by atoms with Gasteiger partial charge in [0.1, 0.15) is 5.82 Å². The minimum atomic E-state index is 0.575. The molecule has 4 heteroatoms. The molecule has 1 rings (SSSR count). The Hall–Kier alpha value is -1.03. The van der Waals surface area contributed by atoms with Crippen molar-refractivity contribution in [2.45, 2.75) is 6.54 Å². The third-order valence-corrected chi connectivity index (χ3v) is 1.09. The molecule has 0 aromatic carbocycles. The van der Waals surface area contributed by atoms with E-state index in [9.17, 15) is 0 Å². The van der Waals surface area contributed by atoms with E-state index in [-0.39, 0.29) is 0 Å². The van der Waals surface area contributed by atoms with E-state index in [1.54, 1.807) is 16.9 Å². The Morgan fingerprint density at radius 1 is 1.67 bits per heavy atom. The van der Waals surface area contributed by atoms with Crippen LogP contribution in [0, 0.1) is 0 Å². The van der Waals surface area contributed by atoms with Crippen LogP contribution in [0.5, 0.6) is 0 Å².